The number of carbonyl (C=O) groups excluding carboxylic acids is 1. The van der Waals surface area contributed by atoms with Gasteiger partial charge in [-0.2, -0.15) is 5.26 Å². The van der Waals surface area contributed by atoms with E-state index < -0.39 is 0 Å². The third kappa shape index (κ3) is 2.75. The number of anilines is 1. The quantitative estimate of drug-likeness (QED) is 0.938. The fourth-order valence-corrected chi connectivity index (χ4v) is 4.19. The second kappa shape index (κ2) is 6.29. The van der Waals surface area contributed by atoms with E-state index in [9.17, 15) is 10.1 Å². The SMILES string of the molecule is CC[C@H]1CCc2c(sc(NC(=O)c3ccncc3)c2C#N)C1. The highest BCUT2D eigenvalue weighted by Gasteiger charge is 2.25. The van der Waals surface area contributed by atoms with Crippen molar-refractivity contribution in [1.29, 1.82) is 5.26 Å². The van der Waals surface area contributed by atoms with Crippen molar-refractivity contribution >= 4 is 22.2 Å². The second-order valence-electron chi connectivity index (χ2n) is 5.53. The van der Waals surface area contributed by atoms with Crippen molar-refractivity contribution in [3.05, 3.63) is 46.1 Å². The van der Waals surface area contributed by atoms with Gasteiger partial charge in [0.1, 0.15) is 11.1 Å². The van der Waals surface area contributed by atoms with Crippen LogP contribution in [0.25, 0.3) is 0 Å². The van der Waals surface area contributed by atoms with Gasteiger partial charge in [0.15, 0.2) is 0 Å². The number of nitrogens with zero attached hydrogens (tertiary/aromatic N) is 2. The van der Waals surface area contributed by atoms with Crippen LogP contribution in [0.2, 0.25) is 0 Å². The molecule has 1 aliphatic carbocycles. The van der Waals surface area contributed by atoms with E-state index in [2.05, 4.69) is 23.3 Å². The Morgan fingerprint density at radius 2 is 2.27 bits per heavy atom. The van der Waals surface area contributed by atoms with Crippen LogP contribution < -0.4 is 5.32 Å². The Balaban J connectivity index is 1.87. The largest absolute Gasteiger partial charge is 0.312 e. The Labute approximate surface area is 133 Å². The van der Waals surface area contributed by atoms with Crippen molar-refractivity contribution in [2.24, 2.45) is 5.92 Å². The number of pyridine rings is 1. The number of nitriles is 1. The molecule has 0 radical (unpaired) electrons. The van der Waals surface area contributed by atoms with Gasteiger partial charge in [-0.05, 0) is 42.9 Å². The third-order valence-corrected chi connectivity index (χ3v) is 5.40. The molecule has 0 unspecified atom stereocenters. The zero-order valence-electron chi connectivity index (χ0n) is 12.4. The summed E-state index contributed by atoms with van der Waals surface area (Å²) in [5.41, 5.74) is 2.34. The van der Waals surface area contributed by atoms with E-state index in [-0.39, 0.29) is 5.91 Å². The molecule has 2 aromatic rings. The van der Waals surface area contributed by atoms with E-state index in [0.717, 1.165) is 31.2 Å². The van der Waals surface area contributed by atoms with E-state index in [1.54, 1.807) is 35.9 Å². The summed E-state index contributed by atoms with van der Waals surface area (Å²) in [6.45, 7) is 2.21. The minimum Gasteiger partial charge on any atom is -0.312 e. The van der Waals surface area contributed by atoms with Crippen molar-refractivity contribution in [2.75, 3.05) is 5.32 Å². The Morgan fingerprint density at radius 3 is 2.95 bits per heavy atom. The first-order valence-electron chi connectivity index (χ1n) is 7.49. The molecule has 0 spiro atoms. The van der Waals surface area contributed by atoms with Crippen LogP contribution in [0.4, 0.5) is 5.00 Å². The second-order valence-corrected chi connectivity index (χ2v) is 6.63. The van der Waals surface area contributed by atoms with Crippen LogP contribution in [-0.4, -0.2) is 10.9 Å². The van der Waals surface area contributed by atoms with Gasteiger partial charge in [-0.3, -0.25) is 9.78 Å². The molecule has 0 fully saturated rings. The minimum atomic E-state index is -0.190. The van der Waals surface area contributed by atoms with Gasteiger partial charge in [-0.15, -0.1) is 11.3 Å². The molecule has 2 heterocycles. The van der Waals surface area contributed by atoms with Gasteiger partial charge < -0.3 is 5.32 Å². The van der Waals surface area contributed by atoms with Crippen LogP contribution in [0.3, 0.4) is 0 Å². The van der Waals surface area contributed by atoms with Crippen molar-refractivity contribution < 1.29 is 4.79 Å². The lowest BCUT2D eigenvalue weighted by atomic mass is 9.86. The number of carbonyl (C=O) groups is 1. The molecule has 1 N–H and O–H groups in total. The number of hydrogen-bond acceptors (Lipinski definition) is 4. The van der Waals surface area contributed by atoms with Crippen molar-refractivity contribution in [3.63, 3.8) is 0 Å². The Hall–Kier alpha value is -2.19. The van der Waals surface area contributed by atoms with Crippen LogP contribution >= 0.6 is 11.3 Å². The predicted molar refractivity (Wildman–Crippen MR) is 87.0 cm³/mol. The molecule has 3 rings (SSSR count). The average molecular weight is 311 g/mol. The Bertz CT molecular complexity index is 730. The maximum atomic E-state index is 12.3. The number of fused-ring (bicyclic) bond motifs is 1. The molecule has 5 heteroatoms. The summed E-state index contributed by atoms with van der Waals surface area (Å²) in [6.07, 6.45) is 7.44. The van der Waals surface area contributed by atoms with Crippen LogP contribution in [0, 0.1) is 17.2 Å². The third-order valence-electron chi connectivity index (χ3n) is 4.23. The van der Waals surface area contributed by atoms with E-state index in [0.29, 0.717) is 22.0 Å². The maximum absolute atomic E-state index is 12.3. The summed E-state index contributed by atoms with van der Waals surface area (Å²) in [5, 5.41) is 13.0. The fraction of sp³-hybridized carbons (Fsp3) is 0.353. The minimum absolute atomic E-state index is 0.190. The standard InChI is InChI=1S/C17H17N3OS/c1-2-11-3-4-13-14(10-18)17(22-15(13)9-11)20-16(21)12-5-7-19-8-6-12/h5-8,11H,2-4,9H2,1H3,(H,20,21)/t11-/m0/s1. The normalized spacial score (nSPS) is 16.6. The van der Waals surface area contributed by atoms with Gasteiger partial charge in [-0.1, -0.05) is 13.3 Å². The average Bonchev–Trinajstić information content (AvgIpc) is 2.91. The summed E-state index contributed by atoms with van der Waals surface area (Å²) >= 11 is 1.56. The summed E-state index contributed by atoms with van der Waals surface area (Å²) in [4.78, 5) is 17.4. The smallest absolute Gasteiger partial charge is 0.256 e. The van der Waals surface area contributed by atoms with Crippen LogP contribution in [0.5, 0.6) is 0 Å². The van der Waals surface area contributed by atoms with Crippen LogP contribution in [-0.2, 0) is 12.8 Å². The Morgan fingerprint density at radius 1 is 1.50 bits per heavy atom. The monoisotopic (exact) mass is 311 g/mol. The van der Waals surface area contributed by atoms with Gasteiger partial charge >= 0.3 is 0 Å². The molecule has 4 nitrogen and oxygen atoms in total. The molecule has 0 aromatic carbocycles. The topological polar surface area (TPSA) is 65.8 Å². The lowest BCUT2D eigenvalue weighted by Crippen LogP contribution is -2.12. The van der Waals surface area contributed by atoms with E-state index in [1.165, 1.54) is 4.88 Å². The number of hydrogen-bond donors (Lipinski definition) is 1. The molecule has 112 valence electrons. The number of nitrogens with one attached hydrogen (secondary N) is 1. The molecular weight excluding hydrogens is 294 g/mol. The van der Waals surface area contributed by atoms with Crippen molar-refractivity contribution in [1.82, 2.24) is 4.98 Å². The zero-order valence-corrected chi connectivity index (χ0v) is 13.2. The van der Waals surface area contributed by atoms with Crippen LogP contribution in [0.1, 0.15) is 46.1 Å². The molecule has 0 bridgehead atoms. The molecule has 0 saturated heterocycles. The predicted octanol–water partition coefficient (Wildman–Crippen LogP) is 3.78. The lowest BCUT2D eigenvalue weighted by molar-refractivity contribution is 0.102. The van der Waals surface area contributed by atoms with Crippen molar-refractivity contribution in [2.45, 2.75) is 32.6 Å². The maximum Gasteiger partial charge on any atom is 0.256 e. The first-order chi connectivity index (χ1) is 10.7. The Kier molecular flexibility index (Phi) is 4.21. The van der Waals surface area contributed by atoms with Gasteiger partial charge in [0.2, 0.25) is 0 Å². The first kappa shape index (κ1) is 14.7. The number of aromatic nitrogens is 1. The molecule has 1 aliphatic rings. The molecule has 1 amide bonds. The number of thiophene rings is 1. The number of rotatable bonds is 3. The van der Waals surface area contributed by atoms with E-state index in [4.69, 9.17) is 0 Å². The van der Waals surface area contributed by atoms with Crippen LogP contribution in [0.15, 0.2) is 24.5 Å². The fourth-order valence-electron chi connectivity index (χ4n) is 2.89. The molecule has 22 heavy (non-hydrogen) atoms. The molecule has 1 atom stereocenters. The summed E-state index contributed by atoms with van der Waals surface area (Å²) < 4.78 is 0. The first-order valence-corrected chi connectivity index (χ1v) is 8.30. The molecule has 0 saturated carbocycles. The summed E-state index contributed by atoms with van der Waals surface area (Å²) in [5.74, 6) is 0.506. The van der Waals surface area contributed by atoms with E-state index in [1.807, 2.05) is 0 Å². The number of amides is 1. The molecular formula is C17H17N3OS. The molecule has 0 aliphatic heterocycles. The van der Waals surface area contributed by atoms with Gasteiger partial charge in [0, 0.05) is 22.8 Å². The zero-order chi connectivity index (χ0) is 15.5. The van der Waals surface area contributed by atoms with Crippen molar-refractivity contribution in [3.8, 4) is 6.07 Å². The van der Waals surface area contributed by atoms with E-state index >= 15 is 0 Å². The summed E-state index contributed by atoms with van der Waals surface area (Å²) in [7, 11) is 0. The molecule has 2 aromatic heterocycles. The highest BCUT2D eigenvalue weighted by Crippen LogP contribution is 2.40. The van der Waals surface area contributed by atoms with Gasteiger partial charge in [0.25, 0.3) is 5.91 Å². The lowest BCUT2D eigenvalue weighted by Gasteiger charge is -2.20. The highest BCUT2D eigenvalue weighted by atomic mass is 32.1. The summed E-state index contributed by atoms with van der Waals surface area (Å²) in [6, 6.07) is 5.61. The van der Waals surface area contributed by atoms with Gasteiger partial charge in [0.05, 0.1) is 5.56 Å². The highest BCUT2D eigenvalue weighted by molar-refractivity contribution is 7.16. The van der Waals surface area contributed by atoms with Gasteiger partial charge in [-0.25, -0.2) is 0 Å².